The molecule has 3 aromatic carbocycles. The first kappa shape index (κ1) is 25.9. The highest BCUT2D eigenvalue weighted by Crippen LogP contribution is 2.32. The van der Waals surface area contributed by atoms with E-state index in [9.17, 15) is 22.4 Å². The molecule has 0 spiro atoms. The molecule has 36 heavy (non-hydrogen) atoms. The highest BCUT2D eigenvalue weighted by Gasteiger charge is 2.24. The van der Waals surface area contributed by atoms with Crippen LogP contribution in [-0.2, 0) is 16.0 Å². The van der Waals surface area contributed by atoms with Gasteiger partial charge in [0, 0.05) is 36.2 Å². The summed E-state index contributed by atoms with van der Waals surface area (Å²) in [5.41, 5.74) is 1.06. The van der Waals surface area contributed by atoms with Crippen LogP contribution in [0.1, 0.15) is 35.4 Å². The predicted molar refractivity (Wildman–Crippen MR) is 129 cm³/mol. The van der Waals surface area contributed by atoms with Crippen LogP contribution in [0.15, 0.2) is 60.7 Å². The zero-order valence-corrected chi connectivity index (χ0v) is 19.6. The molecular formula is C28H27F4N2O2. The smallest absolute Gasteiger partial charge is 0.225 e. The van der Waals surface area contributed by atoms with Crippen LogP contribution in [0.4, 0.5) is 23.2 Å². The van der Waals surface area contributed by atoms with E-state index in [1.54, 1.807) is 6.07 Å². The molecule has 1 amide bonds. The number of rotatable bonds is 8. The van der Waals surface area contributed by atoms with E-state index in [-0.39, 0.29) is 24.1 Å². The van der Waals surface area contributed by atoms with Crippen LogP contribution in [0.2, 0.25) is 0 Å². The van der Waals surface area contributed by atoms with Crippen LogP contribution < -0.4 is 10.6 Å². The van der Waals surface area contributed by atoms with Gasteiger partial charge in [-0.15, -0.1) is 0 Å². The molecule has 3 aromatic rings. The minimum Gasteiger partial charge on any atom is -0.375 e. The van der Waals surface area contributed by atoms with Crippen molar-refractivity contribution >= 4 is 11.6 Å². The molecule has 8 heteroatoms. The first-order valence-corrected chi connectivity index (χ1v) is 11.8. The molecular weight excluding hydrogens is 472 g/mol. The van der Waals surface area contributed by atoms with Crippen LogP contribution in [0.5, 0.6) is 0 Å². The number of benzene rings is 3. The zero-order valence-electron chi connectivity index (χ0n) is 19.6. The Morgan fingerprint density at radius 1 is 1.03 bits per heavy atom. The molecule has 1 radical (unpaired) electrons. The summed E-state index contributed by atoms with van der Waals surface area (Å²) in [6, 6.07) is 13.4. The number of carbonyl (C=O) groups is 1. The van der Waals surface area contributed by atoms with Gasteiger partial charge in [0.1, 0.15) is 11.6 Å². The summed E-state index contributed by atoms with van der Waals surface area (Å²) in [5.74, 6) is -4.47. The van der Waals surface area contributed by atoms with Crippen molar-refractivity contribution in [2.24, 2.45) is 0 Å². The topological polar surface area (TPSA) is 50.4 Å². The average molecular weight is 500 g/mol. The van der Waals surface area contributed by atoms with Crippen LogP contribution >= 0.6 is 0 Å². The largest absolute Gasteiger partial charge is 0.375 e. The fraction of sp³-hybridized carbons (Fsp3) is 0.286. The van der Waals surface area contributed by atoms with E-state index < -0.39 is 35.1 Å². The van der Waals surface area contributed by atoms with Gasteiger partial charge >= 0.3 is 0 Å². The second-order valence-corrected chi connectivity index (χ2v) is 8.86. The van der Waals surface area contributed by atoms with Gasteiger partial charge in [0.05, 0.1) is 12.7 Å². The highest BCUT2D eigenvalue weighted by atomic mass is 19.2. The Hall–Kier alpha value is -3.23. The lowest BCUT2D eigenvalue weighted by Crippen LogP contribution is -2.45. The summed E-state index contributed by atoms with van der Waals surface area (Å²) in [7, 11) is 0. The molecule has 189 valence electrons. The van der Waals surface area contributed by atoms with Crippen molar-refractivity contribution in [3.8, 4) is 0 Å². The van der Waals surface area contributed by atoms with Gasteiger partial charge < -0.3 is 15.4 Å². The maximum atomic E-state index is 14.7. The fourth-order valence-electron chi connectivity index (χ4n) is 4.37. The van der Waals surface area contributed by atoms with Crippen molar-refractivity contribution in [2.75, 3.05) is 18.5 Å². The lowest BCUT2D eigenvalue weighted by atomic mass is 9.87. The summed E-state index contributed by atoms with van der Waals surface area (Å²) in [4.78, 5) is 13.1. The normalized spacial score (nSPS) is 18.6. The Labute approximate surface area is 207 Å². The predicted octanol–water partition coefficient (Wildman–Crippen LogP) is 5.53. The number of ether oxygens (including phenoxy) is 1. The molecule has 0 aliphatic carbocycles. The minimum absolute atomic E-state index is 0.0153. The molecule has 3 atom stereocenters. The van der Waals surface area contributed by atoms with Crippen LogP contribution in [0, 0.1) is 30.2 Å². The van der Waals surface area contributed by atoms with Gasteiger partial charge in [0.2, 0.25) is 5.91 Å². The van der Waals surface area contributed by atoms with E-state index in [4.69, 9.17) is 4.74 Å². The molecule has 4 nitrogen and oxygen atoms in total. The fourth-order valence-corrected chi connectivity index (χ4v) is 4.37. The second kappa shape index (κ2) is 11.7. The lowest BCUT2D eigenvalue weighted by Gasteiger charge is -2.28. The standard InChI is InChI=1S/C28H27F4N2O2/c1-17-16-36-20(15-33-17)12-13-22-24(30)5-3-7-26(22)34-27(35)14-23(18-8-10-19(29)11-9-18)21-4-2-6-25(31)28(21)32/h2-11,17,20,23,33H,1,12-16H2,(H,34,35)/t17-,20+,23-/m0/s1. The van der Waals surface area contributed by atoms with Crippen molar-refractivity contribution in [2.45, 2.75) is 37.3 Å². The summed E-state index contributed by atoms with van der Waals surface area (Å²) in [5, 5.41) is 5.94. The van der Waals surface area contributed by atoms with Gasteiger partial charge in [-0.2, -0.15) is 0 Å². The van der Waals surface area contributed by atoms with Crippen molar-refractivity contribution in [1.82, 2.24) is 5.32 Å². The van der Waals surface area contributed by atoms with E-state index in [1.807, 2.05) is 0 Å². The molecule has 0 aromatic heterocycles. The maximum Gasteiger partial charge on any atom is 0.225 e. The van der Waals surface area contributed by atoms with Crippen molar-refractivity contribution in [1.29, 1.82) is 0 Å². The third kappa shape index (κ3) is 6.30. The molecule has 1 heterocycles. The van der Waals surface area contributed by atoms with Crippen LogP contribution in [0.3, 0.4) is 0 Å². The van der Waals surface area contributed by atoms with E-state index in [1.165, 1.54) is 48.5 Å². The maximum absolute atomic E-state index is 14.7. The van der Waals surface area contributed by atoms with Gasteiger partial charge in [-0.05, 0) is 61.2 Å². The molecule has 1 saturated heterocycles. The Balaban J connectivity index is 1.52. The summed E-state index contributed by atoms with van der Waals surface area (Å²) in [6.07, 6.45) is 0.500. The minimum atomic E-state index is -1.07. The molecule has 0 saturated carbocycles. The SMILES string of the molecule is [CH2][C@H]1CO[C@H](CCc2c(F)cccc2NC(=O)C[C@@H](c2ccc(F)cc2)c2cccc(F)c2F)CN1. The molecule has 2 N–H and O–H groups in total. The summed E-state index contributed by atoms with van der Waals surface area (Å²) in [6.45, 7) is 4.95. The Morgan fingerprint density at radius 2 is 1.75 bits per heavy atom. The van der Waals surface area contributed by atoms with E-state index in [0.29, 0.717) is 42.8 Å². The van der Waals surface area contributed by atoms with Gasteiger partial charge in [-0.25, -0.2) is 17.6 Å². The number of hydrogen-bond acceptors (Lipinski definition) is 3. The van der Waals surface area contributed by atoms with E-state index in [0.717, 1.165) is 6.07 Å². The van der Waals surface area contributed by atoms with Crippen molar-refractivity contribution in [3.05, 3.63) is 108 Å². The van der Waals surface area contributed by atoms with Gasteiger partial charge in [-0.1, -0.05) is 30.3 Å². The first-order chi connectivity index (χ1) is 17.3. The molecule has 0 bridgehead atoms. The number of anilines is 1. The third-order valence-corrected chi connectivity index (χ3v) is 6.30. The Kier molecular flexibility index (Phi) is 8.38. The van der Waals surface area contributed by atoms with Crippen LogP contribution in [-0.4, -0.2) is 31.2 Å². The third-order valence-electron chi connectivity index (χ3n) is 6.30. The van der Waals surface area contributed by atoms with Crippen molar-refractivity contribution in [3.63, 3.8) is 0 Å². The number of halogens is 4. The highest BCUT2D eigenvalue weighted by molar-refractivity contribution is 5.92. The van der Waals surface area contributed by atoms with Crippen molar-refractivity contribution < 1.29 is 27.1 Å². The lowest BCUT2D eigenvalue weighted by molar-refractivity contribution is -0.116. The van der Waals surface area contributed by atoms with E-state index >= 15 is 0 Å². The number of nitrogens with one attached hydrogen (secondary N) is 2. The number of carbonyl (C=O) groups excluding carboxylic acids is 1. The number of hydrogen-bond donors (Lipinski definition) is 2. The number of amides is 1. The van der Waals surface area contributed by atoms with Gasteiger partial charge in [0.15, 0.2) is 11.6 Å². The van der Waals surface area contributed by atoms with E-state index in [2.05, 4.69) is 17.6 Å². The molecule has 1 aliphatic heterocycles. The Morgan fingerprint density at radius 3 is 2.47 bits per heavy atom. The molecule has 1 aliphatic rings. The molecule has 1 fully saturated rings. The monoisotopic (exact) mass is 499 g/mol. The molecule has 0 unspecified atom stereocenters. The summed E-state index contributed by atoms with van der Waals surface area (Å²) < 4.78 is 62.5. The van der Waals surface area contributed by atoms with Gasteiger partial charge in [-0.3, -0.25) is 4.79 Å². The molecule has 4 rings (SSSR count). The Bertz CT molecular complexity index is 1190. The number of morpholine rings is 1. The zero-order chi connectivity index (χ0) is 25.7. The average Bonchev–Trinajstić information content (AvgIpc) is 2.86. The van der Waals surface area contributed by atoms with Crippen LogP contribution in [0.25, 0.3) is 0 Å². The second-order valence-electron chi connectivity index (χ2n) is 8.86. The quantitative estimate of drug-likeness (QED) is 0.401. The first-order valence-electron chi connectivity index (χ1n) is 11.8. The summed E-state index contributed by atoms with van der Waals surface area (Å²) >= 11 is 0. The van der Waals surface area contributed by atoms with Gasteiger partial charge in [0.25, 0.3) is 0 Å².